The van der Waals surface area contributed by atoms with Crippen molar-refractivity contribution in [2.75, 3.05) is 10.6 Å². The molecule has 0 spiro atoms. The summed E-state index contributed by atoms with van der Waals surface area (Å²) in [4.78, 5) is 54.5. The van der Waals surface area contributed by atoms with Crippen molar-refractivity contribution in [3.05, 3.63) is 132 Å². The molecule has 42 heavy (non-hydrogen) atoms. The molecule has 0 bridgehead atoms. The Balaban J connectivity index is 1.30. The van der Waals surface area contributed by atoms with Gasteiger partial charge in [0.05, 0.1) is 28.9 Å². The molecule has 0 unspecified atom stereocenters. The summed E-state index contributed by atoms with van der Waals surface area (Å²) in [6.45, 7) is 0. The van der Waals surface area contributed by atoms with Crippen LogP contribution in [0.4, 0.5) is 11.4 Å². The third-order valence-electron chi connectivity index (χ3n) is 6.78. The first-order valence-corrected chi connectivity index (χ1v) is 13.3. The number of benzene rings is 4. The van der Waals surface area contributed by atoms with Crippen molar-refractivity contribution in [2.45, 2.75) is 18.9 Å². The van der Waals surface area contributed by atoms with E-state index in [2.05, 4.69) is 20.9 Å². The van der Waals surface area contributed by atoms with Gasteiger partial charge in [-0.2, -0.15) is 0 Å². The molecule has 9 heteroatoms. The number of fused-ring (bicyclic) bond motifs is 1. The molecule has 0 aliphatic rings. The van der Waals surface area contributed by atoms with E-state index in [-0.39, 0.29) is 35.6 Å². The number of aromatic nitrogens is 1. The second-order valence-electron chi connectivity index (χ2n) is 9.68. The van der Waals surface area contributed by atoms with Gasteiger partial charge in [0.15, 0.2) is 0 Å². The first kappa shape index (κ1) is 27.9. The molecule has 0 saturated carbocycles. The van der Waals surface area contributed by atoms with Crippen molar-refractivity contribution >= 4 is 46.0 Å². The fraction of sp³-hybridized carbons (Fsp3) is 0.0909. The average molecular weight is 561 g/mol. The zero-order valence-corrected chi connectivity index (χ0v) is 22.5. The maximum atomic E-state index is 13.3. The Labute approximate surface area is 241 Å². The quantitative estimate of drug-likeness (QED) is 0.163. The van der Waals surface area contributed by atoms with Gasteiger partial charge in [-0.3, -0.25) is 14.4 Å². The Bertz CT molecular complexity index is 1760. The summed E-state index contributed by atoms with van der Waals surface area (Å²) < 4.78 is 0. The van der Waals surface area contributed by atoms with Gasteiger partial charge in [-0.25, -0.2) is 4.79 Å². The van der Waals surface area contributed by atoms with Crippen molar-refractivity contribution in [1.29, 1.82) is 0 Å². The van der Waals surface area contributed by atoms with Crippen LogP contribution in [0, 0.1) is 0 Å². The number of H-pyrrole nitrogens is 1. The van der Waals surface area contributed by atoms with Gasteiger partial charge in [-0.05, 0) is 41.5 Å². The normalized spacial score (nSPS) is 11.4. The number of carbonyl (C=O) groups excluding carboxylic acids is 3. The lowest BCUT2D eigenvalue weighted by atomic mass is 10.0. The van der Waals surface area contributed by atoms with Crippen molar-refractivity contribution in [3.8, 4) is 0 Å². The maximum Gasteiger partial charge on any atom is 0.326 e. The molecule has 0 radical (unpaired) electrons. The number of rotatable bonds is 10. The molecule has 5 rings (SSSR count). The average Bonchev–Trinajstić information content (AvgIpc) is 3.40. The summed E-state index contributed by atoms with van der Waals surface area (Å²) in [5, 5.41) is 18.9. The van der Waals surface area contributed by atoms with Gasteiger partial charge in [-0.15, -0.1) is 0 Å². The van der Waals surface area contributed by atoms with E-state index >= 15 is 0 Å². The van der Waals surface area contributed by atoms with Gasteiger partial charge in [0.1, 0.15) is 6.04 Å². The van der Waals surface area contributed by atoms with E-state index in [0.29, 0.717) is 5.69 Å². The van der Waals surface area contributed by atoms with Gasteiger partial charge < -0.3 is 26.0 Å². The molecule has 0 saturated heterocycles. The summed E-state index contributed by atoms with van der Waals surface area (Å²) >= 11 is 0. The van der Waals surface area contributed by atoms with Crippen LogP contribution in [0.5, 0.6) is 0 Å². The molecule has 9 nitrogen and oxygen atoms in total. The number of anilines is 2. The molecule has 1 heterocycles. The largest absolute Gasteiger partial charge is 0.480 e. The second-order valence-corrected chi connectivity index (χ2v) is 9.68. The highest BCUT2D eigenvalue weighted by atomic mass is 16.4. The van der Waals surface area contributed by atoms with E-state index < -0.39 is 23.8 Å². The number of aliphatic carboxylic acids is 1. The van der Waals surface area contributed by atoms with E-state index in [0.717, 1.165) is 22.0 Å². The van der Waals surface area contributed by atoms with Crippen molar-refractivity contribution in [2.24, 2.45) is 0 Å². The fourth-order valence-corrected chi connectivity index (χ4v) is 4.70. The topological polar surface area (TPSA) is 140 Å². The maximum absolute atomic E-state index is 13.3. The van der Waals surface area contributed by atoms with Gasteiger partial charge in [-0.1, -0.05) is 72.8 Å². The highest BCUT2D eigenvalue weighted by Crippen LogP contribution is 2.22. The van der Waals surface area contributed by atoms with Crippen LogP contribution in [-0.2, 0) is 22.4 Å². The summed E-state index contributed by atoms with van der Waals surface area (Å²) in [5.41, 5.74) is 3.28. The lowest BCUT2D eigenvalue weighted by molar-refractivity contribution is -0.139. The van der Waals surface area contributed by atoms with Gasteiger partial charge in [0, 0.05) is 23.5 Å². The molecule has 5 N–H and O–H groups in total. The number of aromatic amines is 1. The van der Waals surface area contributed by atoms with Crippen LogP contribution in [0.3, 0.4) is 0 Å². The van der Waals surface area contributed by atoms with Crippen molar-refractivity contribution in [1.82, 2.24) is 10.3 Å². The van der Waals surface area contributed by atoms with Crippen LogP contribution in [0.1, 0.15) is 31.8 Å². The third kappa shape index (κ3) is 6.53. The molecule has 1 aromatic heterocycles. The highest BCUT2D eigenvalue weighted by Gasteiger charge is 2.24. The molecule has 0 aliphatic heterocycles. The minimum atomic E-state index is -1.21. The van der Waals surface area contributed by atoms with Crippen LogP contribution in [0.15, 0.2) is 109 Å². The molecule has 210 valence electrons. The predicted molar refractivity (Wildman–Crippen MR) is 161 cm³/mol. The zero-order valence-electron chi connectivity index (χ0n) is 22.5. The molecular formula is C33H28N4O5. The van der Waals surface area contributed by atoms with E-state index in [1.807, 2.05) is 54.6 Å². The van der Waals surface area contributed by atoms with Crippen molar-refractivity contribution < 1.29 is 24.3 Å². The lowest BCUT2D eigenvalue weighted by Gasteiger charge is -2.17. The number of para-hydroxylation sites is 3. The summed E-state index contributed by atoms with van der Waals surface area (Å²) in [7, 11) is 0. The van der Waals surface area contributed by atoms with Crippen LogP contribution in [0.2, 0.25) is 0 Å². The Kier molecular flexibility index (Phi) is 8.39. The molecular weight excluding hydrogens is 532 g/mol. The molecule has 5 aromatic rings. The Morgan fingerprint density at radius 3 is 2.00 bits per heavy atom. The zero-order chi connectivity index (χ0) is 29.5. The molecule has 0 fully saturated rings. The SMILES string of the molecule is O=C(Cc1ccccc1)Nc1ccccc1C(=O)Nc1ccccc1C(=O)N[C@H](Cc1c[nH]c2ccccc12)C(=O)O. The first-order valence-electron chi connectivity index (χ1n) is 13.3. The summed E-state index contributed by atoms with van der Waals surface area (Å²) in [6, 6.07) is 28.4. The number of carboxylic acid groups (broad SMARTS) is 1. The minimum Gasteiger partial charge on any atom is -0.480 e. The molecule has 0 aliphatic carbocycles. The Morgan fingerprint density at radius 1 is 0.690 bits per heavy atom. The van der Waals surface area contributed by atoms with Gasteiger partial charge >= 0.3 is 5.97 Å². The van der Waals surface area contributed by atoms with Gasteiger partial charge in [0.2, 0.25) is 5.91 Å². The highest BCUT2D eigenvalue weighted by molar-refractivity contribution is 6.13. The third-order valence-corrected chi connectivity index (χ3v) is 6.78. The van der Waals surface area contributed by atoms with Crippen LogP contribution in [0.25, 0.3) is 10.9 Å². The van der Waals surface area contributed by atoms with Crippen LogP contribution in [-0.4, -0.2) is 39.8 Å². The number of hydrogen-bond donors (Lipinski definition) is 5. The molecule has 1 atom stereocenters. The first-order chi connectivity index (χ1) is 20.4. The second kappa shape index (κ2) is 12.6. The fourth-order valence-electron chi connectivity index (χ4n) is 4.70. The summed E-state index contributed by atoms with van der Waals surface area (Å²) in [6.07, 6.45) is 1.94. The predicted octanol–water partition coefficient (Wildman–Crippen LogP) is 5.03. The van der Waals surface area contributed by atoms with Crippen LogP contribution >= 0.6 is 0 Å². The monoisotopic (exact) mass is 560 g/mol. The minimum absolute atomic E-state index is 0.0651. The van der Waals surface area contributed by atoms with E-state index in [4.69, 9.17) is 0 Å². The van der Waals surface area contributed by atoms with Crippen LogP contribution < -0.4 is 16.0 Å². The smallest absolute Gasteiger partial charge is 0.326 e. The number of carboxylic acids is 1. The number of nitrogens with one attached hydrogen (secondary N) is 4. The van der Waals surface area contributed by atoms with E-state index in [1.165, 1.54) is 6.07 Å². The van der Waals surface area contributed by atoms with Crippen molar-refractivity contribution in [3.63, 3.8) is 0 Å². The Hall–Kier alpha value is -5.70. The lowest BCUT2D eigenvalue weighted by Crippen LogP contribution is -2.42. The van der Waals surface area contributed by atoms with E-state index in [1.54, 1.807) is 48.7 Å². The molecule has 4 aromatic carbocycles. The number of carbonyl (C=O) groups is 4. The molecule has 3 amide bonds. The number of hydrogen-bond acceptors (Lipinski definition) is 4. The standard InChI is InChI=1S/C33H28N4O5/c38-30(18-21-10-2-1-3-11-21)35-27-16-8-5-13-24(27)31(39)36-28-17-9-6-14-25(28)32(40)37-29(33(41)42)19-22-20-34-26-15-7-4-12-23(22)26/h1-17,20,29,34H,18-19H2,(H,35,38)(H,36,39)(H,37,40)(H,41,42)/t29-/m1/s1. The summed E-state index contributed by atoms with van der Waals surface area (Å²) in [5.74, 6) is -2.66. The number of amides is 3. The Morgan fingerprint density at radius 2 is 1.29 bits per heavy atom. The van der Waals surface area contributed by atoms with Gasteiger partial charge in [0.25, 0.3) is 11.8 Å². The van der Waals surface area contributed by atoms with E-state index in [9.17, 15) is 24.3 Å².